The molecule has 1 N–H and O–H groups in total. The molecule has 2 atom stereocenters. The number of pyridine rings is 1. The van der Waals surface area contributed by atoms with Gasteiger partial charge in [-0.1, -0.05) is 47.5 Å². The molecule has 1 aliphatic heterocycles. The summed E-state index contributed by atoms with van der Waals surface area (Å²) < 4.78 is 6.44. The lowest BCUT2D eigenvalue weighted by Gasteiger charge is -2.26. The quantitative estimate of drug-likeness (QED) is 0.340. The van der Waals surface area contributed by atoms with Crippen LogP contribution >= 0.6 is 23.8 Å². The zero-order chi connectivity index (χ0) is 22.2. The first-order valence-corrected chi connectivity index (χ1v) is 11.2. The molecule has 4 aromatic rings. The highest BCUT2D eigenvalue weighted by molar-refractivity contribution is 7.80. The van der Waals surface area contributed by atoms with Crippen LogP contribution in [0, 0.1) is 13.8 Å². The second-order valence-corrected chi connectivity index (χ2v) is 8.74. The van der Waals surface area contributed by atoms with Crippen molar-refractivity contribution in [2.75, 3.05) is 4.90 Å². The van der Waals surface area contributed by atoms with Crippen molar-refractivity contribution in [3.8, 4) is 11.3 Å². The van der Waals surface area contributed by atoms with Crippen molar-refractivity contribution in [1.82, 2.24) is 10.3 Å². The lowest BCUT2D eigenvalue weighted by atomic mass is 10.0. The molecule has 0 bridgehead atoms. The number of aryl methyl sites for hydroxylation is 1. The Hall–Kier alpha value is -3.15. The smallest absolute Gasteiger partial charge is 0.174 e. The average Bonchev–Trinajstić information content (AvgIpc) is 3.41. The van der Waals surface area contributed by atoms with Gasteiger partial charge in [0.2, 0.25) is 0 Å². The maximum Gasteiger partial charge on any atom is 0.174 e. The lowest BCUT2D eigenvalue weighted by Crippen LogP contribution is -2.29. The van der Waals surface area contributed by atoms with Gasteiger partial charge in [0.15, 0.2) is 5.11 Å². The van der Waals surface area contributed by atoms with Crippen molar-refractivity contribution in [2.45, 2.75) is 25.9 Å². The van der Waals surface area contributed by atoms with E-state index in [4.69, 9.17) is 28.2 Å². The summed E-state index contributed by atoms with van der Waals surface area (Å²) in [5.74, 6) is 1.59. The molecule has 0 amide bonds. The predicted octanol–water partition coefficient (Wildman–Crippen LogP) is 6.79. The lowest BCUT2D eigenvalue weighted by molar-refractivity contribution is 0.439. The highest BCUT2D eigenvalue weighted by Crippen LogP contribution is 2.43. The number of halogens is 1. The fourth-order valence-electron chi connectivity index (χ4n) is 4.16. The molecule has 5 rings (SSSR count). The molecule has 160 valence electrons. The van der Waals surface area contributed by atoms with Crippen LogP contribution in [0.3, 0.4) is 0 Å². The summed E-state index contributed by atoms with van der Waals surface area (Å²) in [4.78, 5) is 6.71. The summed E-state index contributed by atoms with van der Waals surface area (Å²) in [6.07, 6.45) is 1.80. The molecule has 4 nitrogen and oxygen atoms in total. The first-order chi connectivity index (χ1) is 15.5. The molecule has 1 aliphatic rings. The van der Waals surface area contributed by atoms with Gasteiger partial charge in [0.25, 0.3) is 0 Å². The predicted molar refractivity (Wildman–Crippen MR) is 133 cm³/mol. The molecular formula is C26H22ClN3OS. The Morgan fingerprint density at radius 3 is 2.53 bits per heavy atom. The molecular weight excluding hydrogens is 438 g/mol. The molecule has 0 aliphatic carbocycles. The second kappa shape index (κ2) is 8.41. The number of nitrogens with one attached hydrogen (secondary N) is 1. The minimum Gasteiger partial charge on any atom is -0.459 e. The first kappa shape index (κ1) is 20.7. The van der Waals surface area contributed by atoms with Gasteiger partial charge in [0, 0.05) is 22.5 Å². The molecule has 32 heavy (non-hydrogen) atoms. The van der Waals surface area contributed by atoms with Crippen LogP contribution in [0.2, 0.25) is 5.02 Å². The van der Waals surface area contributed by atoms with E-state index in [1.54, 1.807) is 6.20 Å². The van der Waals surface area contributed by atoms with Crippen LogP contribution in [0.15, 0.2) is 83.4 Å². The van der Waals surface area contributed by atoms with Crippen LogP contribution in [0.25, 0.3) is 11.3 Å². The highest BCUT2D eigenvalue weighted by Gasteiger charge is 2.42. The standard InChI is InChI=1S/C26H22ClN3OS/c1-16-9-11-18(12-10-16)30-25(24(29-26(30)32)21-8-3-4-15-28-21)23-14-13-22(31-23)19-6-5-7-20(27)17(19)2/h3-15,24-25H,1-2H3,(H,29,32). The van der Waals surface area contributed by atoms with E-state index in [2.05, 4.69) is 46.4 Å². The Balaban J connectivity index is 1.61. The normalized spacial score (nSPS) is 18.1. The Morgan fingerprint density at radius 1 is 0.969 bits per heavy atom. The van der Waals surface area contributed by atoms with E-state index in [9.17, 15) is 0 Å². The Bertz CT molecular complexity index is 1270. The fraction of sp³-hybridized carbons (Fsp3) is 0.154. The van der Waals surface area contributed by atoms with Crippen LogP contribution in [-0.4, -0.2) is 10.1 Å². The zero-order valence-electron chi connectivity index (χ0n) is 17.7. The molecule has 2 aromatic heterocycles. The van der Waals surface area contributed by atoms with E-state index in [1.165, 1.54) is 5.56 Å². The maximum atomic E-state index is 6.44. The number of benzene rings is 2. The van der Waals surface area contributed by atoms with Gasteiger partial charge in [-0.2, -0.15) is 0 Å². The molecule has 6 heteroatoms. The Kier molecular flexibility index (Phi) is 5.45. The molecule has 0 saturated carbocycles. The first-order valence-electron chi connectivity index (χ1n) is 10.5. The van der Waals surface area contributed by atoms with E-state index in [0.29, 0.717) is 5.11 Å². The topological polar surface area (TPSA) is 41.3 Å². The molecule has 0 spiro atoms. The summed E-state index contributed by atoms with van der Waals surface area (Å²) in [7, 11) is 0. The number of thiocarbonyl (C=S) groups is 1. The minimum absolute atomic E-state index is 0.149. The summed E-state index contributed by atoms with van der Waals surface area (Å²) >= 11 is 12.1. The summed E-state index contributed by atoms with van der Waals surface area (Å²) in [6.45, 7) is 4.08. The number of hydrogen-bond acceptors (Lipinski definition) is 3. The molecule has 2 unspecified atom stereocenters. The number of aromatic nitrogens is 1. The van der Waals surface area contributed by atoms with Crippen LogP contribution in [0.4, 0.5) is 5.69 Å². The van der Waals surface area contributed by atoms with Crippen molar-refractivity contribution in [2.24, 2.45) is 0 Å². The number of nitrogens with zero attached hydrogens (tertiary/aromatic N) is 2. The van der Waals surface area contributed by atoms with E-state index >= 15 is 0 Å². The van der Waals surface area contributed by atoms with Crippen molar-refractivity contribution in [3.63, 3.8) is 0 Å². The van der Waals surface area contributed by atoms with E-state index in [-0.39, 0.29) is 12.1 Å². The second-order valence-electron chi connectivity index (χ2n) is 7.95. The molecule has 1 saturated heterocycles. The molecule has 3 heterocycles. The molecule has 2 aromatic carbocycles. The third-order valence-corrected chi connectivity index (χ3v) is 6.59. The van der Waals surface area contributed by atoms with Gasteiger partial charge in [-0.05, 0) is 74.1 Å². The molecule has 0 radical (unpaired) electrons. The maximum absolute atomic E-state index is 6.44. The van der Waals surface area contributed by atoms with Crippen LogP contribution in [0.5, 0.6) is 0 Å². The van der Waals surface area contributed by atoms with Crippen LogP contribution in [0.1, 0.15) is 34.7 Å². The van der Waals surface area contributed by atoms with Gasteiger partial charge < -0.3 is 14.6 Å². The van der Waals surface area contributed by atoms with Gasteiger partial charge in [-0.3, -0.25) is 4.98 Å². The summed E-state index contributed by atoms with van der Waals surface area (Å²) in [5, 5.41) is 4.83. The highest BCUT2D eigenvalue weighted by atomic mass is 35.5. The number of furan rings is 1. The van der Waals surface area contributed by atoms with Crippen molar-refractivity contribution in [1.29, 1.82) is 0 Å². The third-order valence-electron chi connectivity index (χ3n) is 5.86. The number of anilines is 1. The zero-order valence-corrected chi connectivity index (χ0v) is 19.3. The van der Waals surface area contributed by atoms with Crippen molar-refractivity contribution >= 4 is 34.6 Å². The van der Waals surface area contributed by atoms with Gasteiger partial charge in [-0.25, -0.2) is 0 Å². The van der Waals surface area contributed by atoms with Crippen molar-refractivity contribution in [3.05, 3.63) is 107 Å². The van der Waals surface area contributed by atoms with Gasteiger partial charge in [0.1, 0.15) is 17.6 Å². The van der Waals surface area contributed by atoms with E-state index in [0.717, 1.165) is 39.1 Å². The number of hydrogen-bond donors (Lipinski definition) is 1. The van der Waals surface area contributed by atoms with E-state index in [1.807, 2.05) is 55.5 Å². The largest absolute Gasteiger partial charge is 0.459 e. The fourth-order valence-corrected chi connectivity index (χ4v) is 4.68. The van der Waals surface area contributed by atoms with Crippen LogP contribution < -0.4 is 10.2 Å². The Labute approximate surface area is 197 Å². The third kappa shape index (κ3) is 3.68. The average molecular weight is 460 g/mol. The SMILES string of the molecule is Cc1ccc(N2C(=S)NC(c3ccccn3)C2c2ccc(-c3cccc(Cl)c3C)o2)cc1. The summed E-state index contributed by atoms with van der Waals surface area (Å²) in [6, 6.07) is 23.8. The minimum atomic E-state index is -0.187. The Morgan fingerprint density at radius 2 is 1.78 bits per heavy atom. The van der Waals surface area contributed by atoms with Gasteiger partial charge in [0.05, 0.1) is 11.7 Å². The van der Waals surface area contributed by atoms with Gasteiger partial charge in [-0.15, -0.1) is 0 Å². The van der Waals surface area contributed by atoms with Gasteiger partial charge >= 0.3 is 0 Å². The van der Waals surface area contributed by atoms with Crippen LogP contribution in [-0.2, 0) is 0 Å². The monoisotopic (exact) mass is 459 g/mol. The number of rotatable bonds is 4. The van der Waals surface area contributed by atoms with E-state index < -0.39 is 0 Å². The molecule has 1 fully saturated rings. The summed E-state index contributed by atoms with van der Waals surface area (Å²) in [5.41, 5.74) is 5.08. The van der Waals surface area contributed by atoms with Crippen molar-refractivity contribution < 1.29 is 4.42 Å².